The van der Waals surface area contributed by atoms with Crippen molar-refractivity contribution in [1.29, 1.82) is 0 Å². The number of hydrogen-bond acceptors (Lipinski definition) is 2. The van der Waals surface area contributed by atoms with Gasteiger partial charge in [-0.25, -0.2) is 9.50 Å². The number of aryl methyl sites for hydroxylation is 1. The fraction of sp³-hybridized carbons (Fsp3) is 0.455. The van der Waals surface area contributed by atoms with Crippen molar-refractivity contribution in [2.24, 2.45) is 0 Å². The number of rotatable bonds is 2. The third kappa shape index (κ3) is 1.47. The molecule has 0 aromatic carbocycles. The molecule has 1 aliphatic carbocycles. The Morgan fingerprint density at radius 2 is 2.33 bits per heavy atom. The van der Waals surface area contributed by atoms with E-state index < -0.39 is 0 Å². The predicted octanol–water partition coefficient (Wildman–Crippen LogP) is 2.93. The first kappa shape index (κ1) is 9.33. The molecular weight excluding hydrogens is 254 g/mol. The third-order valence-electron chi connectivity index (χ3n) is 2.87. The standard InChI is InChI=1S/C11H12BrN3/c1-2-7-5-13-11-9(12)10(8-3-4-8)14-15(11)6-7/h5-6,8H,2-4H2,1H3. The van der Waals surface area contributed by atoms with Gasteiger partial charge in [0, 0.05) is 18.3 Å². The summed E-state index contributed by atoms with van der Waals surface area (Å²) in [5, 5.41) is 4.59. The lowest BCUT2D eigenvalue weighted by Gasteiger charge is -1.96. The fourth-order valence-corrected chi connectivity index (χ4v) is 2.45. The molecule has 0 aliphatic heterocycles. The van der Waals surface area contributed by atoms with Crippen LogP contribution in [0.4, 0.5) is 0 Å². The molecule has 1 fully saturated rings. The van der Waals surface area contributed by atoms with Gasteiger partial charge in [-0.2, -0.15) is 5.10 Å². The number of hydrogen-bond donors (Lipinski definition) is 0. The summed E-state index contributed by atoms with van der Waals surface area (Å²) >= 11 is 3.59. The highest BCUT2D eigenvalue weighted by Crippen LogP contribution is 2.43. The second-order valence-electron chi connectivity index (χ2n) is 4.06. The Kier molecular flexibility index (Phi) is 2.06. The zero-order valence-corrected chi connectivity index (χ0v) is 10.2. The van der Waals surface area contributed by atoms with E-state index in [1.807, 2.05) is 10.7 Å². The Morgan fingerprint density at radius 3 is 3.00 bits per heavy atom. The van der Waals surface area contributed by atoms with Gasteiger partial charge in [0.25, 0.3) is 0 Å². The summed E-state index contributed by atoms with van der Waals surface area (Å²) in [4.78, 5) is 4.44. The van der Waals surface area contributed by atoms with Gasteiger partial charge in [-0.05, 0) is 40.8 Å². The van der Waals surface area contributed by atoms with Crippen LogP contribution in [0.5, 0.6) is 0 Å². The van der Waals surface area contributed by atoms with Crippen LogP contribution in [0.1, 0.15) is 36.9 Å². The van der Waals surface area contributed by atoms with E-state index in [1.165, 1.54) is 24.1 Å². The summed E-state index contributed by atoms with van der Waals surface area (Å²) in [6.45, 7) is 2.13. The molecule has 4 heteroatoms. The minimum absolute atomic E-state index is 0.658. The van der Waals surface area contributed by atoms with Crippen molar-refractivity contribution in [2.45, 2.75) is 32.1 Å². The van der Waals surface area contributed by atoms with Crippen LogP contribution in [-0.2, 0) is 6.42 Å². The molecule has 0 radical (unpaired) electrons. The van der Waals surface area contributed by atoms with Crippen molar-refractivity contribution in [1.82, 2.24) is 14.6 Å². The van der Waals surface area contributed by atoms with Gasteiger partial charge < -0.3 is 0 Å². The average Bonchev–Trinajstić information content (AvgIpc) is 3.04. The maximum Gasteiger partial charge on any atom is 0.169 e. The van der Waals surface area contributed by atoms with Crippen LogP contribution in [0.2, 0.25) is 0 Å². The smallest absolute Gasteiger partial charge is 0.169 e. The van der Waals surface area contributed by atoms with Crippen molar-refractivity contribution >= 4 is 21.6 Å². The van der Waals surface area contributed by atoms with Crippen molar-refractivity contribution in [3.8, 4) is 0 Å². The van der Waals surface area contributed by atoms with Gasteiger partial charge in [0.1, 0.15) is 0 Å². The van der Waals surface area contributed by atoms with Crippen molar-refractivity contribution in [3.05, 3.63) is 28.1 Å². The predicted molar refractivity (Wildman–Crippen MR) is 62.0 cm³/mol. The van der Waals surface area contributed by atoms with E-state index in [9.17, 15) is 0 Å². The fourth-order valence-electron chi connectivity index (χ4n) is 1.76. The number of fused-ring (bicyclic) bond motifs is 1. The molecule has 0 saturated heterocycles. The summed E-state index contributed by atoms with van der Waals surface area (Å²) in [5.41, 5.74) is 3.34. The molecule has 3 rings (SSSR count). The first-order valence-electron chi connectivity index (χ1n) is 5.32. The Balaban J connectivity index is 2.20. The van der Waals surface area contributed by atoms with Crippen LogP contribution in [0, 0.1) is 0 Å². The molecule has 78 valence electrons. The van der Waals surface area contributed by atoms with Crippen LogP contribution in [0.3, 0.4) is 0 Å². The molecule has 1 saturated carbocycles. The largest absolute Gasteiger partial charge is 0.236 e. The molecule has 0 spiro atoms. The van der Waals surface area contributed by atoms with Gasteiger partial charge in [0.15, 0.2) is 5.65 Å². The minimum atomic E-state index is 0.658. The van der Waals surface area contributed by atoms with Gasteiger partial charge in [0.05, 0.1) is 10.2 Å². The molecule has 0 N–H and O–H groups in total. The lowest BCUT2D eigenvalue weighted by atomic mass is 10.3. The zero-order chi connectivity index (χ0) is 10.4. The molecule has 2 aromatic heterocycles. The van der Waals surface area contributed by atoms with E-state index in [0.29, 0.717) is 5.92 Å². The number of nitrogens with zero attached hydrogens (tertiary/aromatic N) is 3. The van der Waals surface area contributed by atoms with Crippen molar-refractivity contribution in [3.63, 3.8) is 0 Å². The molecule has 2 heterocycles. The highest BCUT2D eigenvalue weighted by atomic mass is 79.9. The summed E-state index contributed by atoms with van der Waals surface area (Å²) in [7, 11) is 0. The molecule has 3 nitrogen and oxygen atoms in total. The van der Waals surface area contributed by atoms with Gasteiger partial charge >= 0.3 is 0 Å². The summed E-state index contributed by atoms with van der Waals surface area (Å²) in [5.74, 6) is 0.658. The molecule has 0 atom stereocenters. The first-order valence-corrected chi connectivity index (χ1v) is 6.11. The Morgan fingerprint density at radius 1 is 1.53 bits per heavy atom. The monoisotopic (exact) mass is 265 g/mol. The second-order valence-corrected chi connectivity index (χ2v) is 4.85. The summed E-state index contributed by atoms with van der Waals surface area (Å²) in [6.07, 6.45) is 7.53. The molecule has 0 bridgehead atoms. The topological polar surface area (TPSA) is 30.2 Å². The van der Waals surface area contributed by atoms with Crippen LogP contribution in [0.15, 0.2) is 16.9 Å². The maximum atomic E-state index is 4.59. The SMILES string of the molecule is CCc1cnc2c(Br)c(C3CC3)nn2c1. The van der Waals surface area contributed by atoms with Crippen LogP contribution in [0.25, 0.3) is 5.65 Å². The van der Waals surface area contributed by atoms with Gasteiger partial charge in [-0.15, -0.1) is 0 Å². The first-order chi connectivity index (χ1) is 7.29. The van der Waals surface area contributed by atoms with E-state index in [2.05, 4.69) is 39.1 Å². The quantitative estimate of drug-likeness (QED) is 0.836. The minimum Gasteiger partial charge on any atom is -0.236 e. The van der Waals surface area contributed by atoms with E-state index in [0.717, 1.165) is 16.5 Å². The van der Waals surface area contributed by atoms with Gasteiger partial charge in [-0.3, -0.25) is 0 Å². The highest BCUT2D eigenvalue weighted by molar-refractivity contribution is 9.10. The van der Waals surface area contributed by atoms with Gasteiger partial charge in [0.2, 0.25) is 0 Å². The summed E-state index contributed by atoms with van der Waals surface area (Å²) < 4.78 is 2.98. The Bertz CT molecular complexity index is 514. The van der Waals surface area contributed by atoms with E-state index in [-0.39, 0.29) is 0 Å². The molecule has 15 heavy (non-hydrogen) atoms. The van der Waals surface area contributed by atoms with E-state index in [4.69, 9.17) is 0 Å². The molecule has 1 aliphatic rings. The molecule has 2 aromatic rings. The Labute approximate surface area is 96.6 Å². The van der Waals surface area contributed by atoms with Crippen LogP contribution in [-0.4, -0.2) is 14.6 Å². The van der Waals surface area contributed by atoms with Crippen molar-refractivity contribution < 1.29 is 0 Å². The van der Waals surface area contributed by atoms with Crippen molar-refractivity contribution in [2.75, 3.05) is 0 Å². The van der Waals surface area contributed by atoms with E-state index >= 15 is 0 Å². The average molecular weight is 266 g/mol. The zero-order valence-electron chi connectivity index (χ0n) is 8.57. The van der Waals surface area contributed by atoms with Crippen LogP contribution < -0.4 is 0 Å². The molecular formula is C11H12BrN3. The summed E-state index contributed by atoms with van der Waals surface area (Å²) in [6, 6.07) is 0. The lowest BCUT2D eigenvalue weighted by Crippen LogP contribution is -1.93. The van der Waals surface area contributed by atoms with E-state index in [1.54, 1.807) is 0 Å². The van der Waals surface area contributed by atoms with Crippen LogP contribution >= 0.6 is 15.9 Å². The third-order valence-corrected chi connectivity index (χ3v) is 3.63. The molecule has 0 unspecified atom stereocenters. The molecule has 0 amide bonds. The Hall–Kier alpha value is -0.900. The lowest BCUT2D eigenvalue weighted by molar-refractivity contribution is 0.865. The number of aromatic nitrogens is 3. The normalized spacial score (nSPS) is 16.1. The highest BCUT2D eigenvalue weighted by Gasteiger charge is 2.29. The van der Waals surface area contributed by atoms with Gasteiger partial charge in [-0.1, -0.05) is 6.92 Å². The number of halogens is 1. The second kappa shape index (κ2) is 3.30. The maximum absolute atomic E-state index is 4.59.